The van der Waals surface area contributed by atoms with Gasteiger partial charge >= 0.3 is 6.03 Å². The Hall–Kier alpha value is -1.77. The van der Waals surface area contributed by atoms with Crippen molar-refractivity contribution < 1.29 is 14.3 Å². The Morgan fingerprint density at radius 3 is 2.57 bits per heavy atom. The van der Waals surface area contributed by atoms with E-state index >= 15 is 0 Å². The Morgan fingerprint density at radius 2 is 1.83 bits per heavy atom. The van der Waals surface area contributed by atoms with Crippen molar-refractivity contribution in [3.63, 3.8) is 0 Å². The van der Waals surface area contributed by atoms with Gasteiger partial charge in [-0.2, -0.15) is 11.8 Å². The highest BCUT2D eigenvalue weighted by Crippen LogP contribution is 2.49. The summed E-state index contributed by atoms with van der Waals surface area (Å²) in [4.78, 5) is 34.3. The van der Waals surface area contributed by atoms with Gasteiger partial charge in [-0.1, -0.05) is 30.3 Å². The van der Waals surface area contributed by atoms with Crippen LogP contribution in [0.2, 0.25) is 0 Å². The number of likely N-dealkylation sites (tertiary alicyclic amines) is 1. The van der Waals surface area contributed by atoms with E-state index in [1.807, 2.05) is 11.8 Å². The molecule has 1 saturated carbocycles. The first-order valence-corrected chi connectivity index (χ1v) is 17.9. The second-order valence-corrected chi connectivity index (χ2v) is 15.2. The van der Waals surface area contributed by atoms with Gasteiger partial charge in [0.2, 0.25) is 5.91 Å². The molecule has 7 nitrogen and oxygen atoms in total. The molecule has 4 saturated heterocycles. The monoisotopic (exact) mass is 596 g/mol. The van der Waals surface area contributed by atoms with Crippen molar-refractivity contribution in [3.8, 4) is 0 Å². The molecule has 3 amide bonds. The number of carbonyl (C=O) groups is 2. The molecule has 1 N–H and O–H groups in total. The maximum atomic E-state index is 13.8. The number of rotatable bonds is 9. The van der Waals surface area contributed by atoms with Crippen LogP contribution in [0.15, 0.2) is 30.3 Å². The third-order valence-electron chi connectivity index (χ3n) is 10.9. The largest absolute Gasteiger partial charge is 0.381 e. The normalized spacial score (nSPS) is 30.3. The molecular weight excluding hydrogens is 544 g/mol. The molecule has 5 fully saturated rings. The smallest absolute Gasteiger partial charge is 0.320 e. The van der Waals surface area contributed by atoms with E-state index in [1.165, 1.54) is 18.4 Å². The van der Waals surface area contributed by atoms with Crippen molar-refractivity contribution in [2.45, 2.75) is 95.3 Å². The summed E-state index contributed by atoms with van der Waals surface area (Å²) in [5.41, 5.74) is 1.16. The molecular formula is C34H52N4O3S. The standard InChI is InChI=1S/C34H52N4O3S/c1-25(2)38-33(40)37(23-26-11-17-41-18-12-26)24-34(38)21-29-9-6-15-36(31(29)22-34)16-10-30(27-7-4-3-5-8-27)35-32(39)28-13-19-42-20-14-28/h3-5,7-8,25-26,28-31H,6,9-24H2,1-2H3,(H,35,39)/t29?,30-,31?,34?/m0/s1. The lowest BCUT2D eigenvalue weighted by Crippen LogP contribution is -2.50. The van der Waals surface area contributed by atoms with Gasteiger partial charge in [0.15, 0.2) is 0 Å². The molecule has 8 heteroatoms. The number of benzene rings is 1. The Morgan fingerprint density at radius 1 is 1.07 bits per heavy atom. The maximum absolute atomic E-state index is 13.8. The highest BCUT2D eigenvalue weighted by molar-refractivity contribution is 7.99. The number of piperidine rings is 1. The maximum Gasteiger partial charge on any atom is 0.320 e. The van der Waals surface area contributed by atoms with E-state index in [0.717, 1.165) is 95.8 Å². The van der Waals surface area contributed by atoms with Gasteiger partial charge in [-0.25, -0.2) is 4.79 Å². The summed E-state index contributed by atoms with van der Waals surface area (Å²) < 4.78 is 5.60. The van der Waals surface area contributed by atoms with Crippen molar-refractivity contribution in [2.24, 2.45) is 17.8 Å². The molecule has 5 aliphatic rings. The van der Waals surface area contributed by atoms with Gasteiger partial charge in [-0.3, -0.25) is 9.69 Å². The van der Waals surface area contributed by atoms with Gasteiger partial charge in [0.25, 0.3) is 0 Å². The molecule has 42 heavy (non-hydrogen) atoms. The zero-order valence-corrected chi connectivity index (χ0v) is 26.7. The first-order valence-electron chi connectivity index (χ1n) is 16.8. The van der Waals surface area contributed by atoms with E-state index in [2.05, 4.69) is 64.2 Å². The number of nitrogens with one attached hydrogen (secondary N) is 1. The molecule has 1 aromatic rings. The lowest BCUT2D eigenvalue weighted by Gasteiger charge is -2.39. The topological polar surface area (TPSA) is 65.1 Å². The minimum Gasteiger partial charge on any atom is -0.381 e. The Kier molecular flexibility index (Phi) is 9.71. The lowest BCUT2D eigenvalue weighted by molar-refractivity contribution is -0.126. The van der Waals surface area contributed by atoms with Crippen LogP contribution in [0.3, 0.4) is 0 Å². The van der Waals surface area contributed by atoms with Crippen LogP contribution in [0.25, 0.3) is 0 Å². The van der Waals surface area contributed by atoms with E-state index in [-0.39, 0.29) is 35.5 Å². The number of ether oxygens (including phenoxy) is 1. The molecule has 0 radical (unpaired) electrons. The minimum absolute atomic E-state index is 0.0409. The second kappa shape index (κ2) is 13.5. The van der Waals surface area contributed by atoms with Crippen LogP contribution in [-0.2, 0) is 9.53 Å². The van der Waals surface area contributed by atoms with E-state index in [9.17, 15) is 9.59 Å². The quantitative estimate of drug-likeness (QED) is 0.404. The summed E-state index contributed by atoms with van der Waals surface area (Å²) in [5, 5.41) is 3.48. The average Bonchev–Trinajstić information content (AvgIpc) is 3.51. The molecule has 1 spiro atoms. The van der Waals surface area contributed by atoms with Crippen LogP contribution in [0.5, 0.6) is 0 Å². The van der Waals surface area contributed by atoms with Crippen molar-refractivity contribution in [2.75, 3.05) is 50.9 Å². The third-order valence-corrected chi connectivity index (χ3v) is 11.9. The molecule has 6 rings (SSSR count). The van der Waals surface area contributed by atoms with Crippen molar-refractivity contribution >= 4 is 23.7 Å². The fourth-order valence-corrected chi connectivity index (χ4v) is 9.98. The fourth-order valence-electron chi connectivity index (χ4n) is 8.87. The number of amides is 3. The van der Waals surface area contributed by atoms with Gasteiger partial charge in [0, 0.05) is 50.8 Å². The summed E-state index contributed by atoms with van der Waals surface area (Å²) in [5.74, 6) is 3.77. The Labute approximate surface area is 257 Å². The Balaban J connectivity index is 1.14. The molecule has 232 valence electrons. The van der Waals surface area contributed by atoms with Crippen LogP contribution in [0, 0.1) is 17.8 Å². The highest BCUT2D eigenvalue weighted by Gasteiger charge is 2.58. The number of hydrogen-bond acceptors (Lipinski definition) is 5. The van der Waals surface area contributed by atoms with E-state index < -0.39 is 0 Å². The van der Waals surface area contributed by atoms with Crippen LogP contribution in [0.4, 0.5) is 4.79 Å². The number of fused-ring (bicyclic) bond motifs is 1. The molecule has 4 aliphatic heterocycles. The van der Waals surface area contributed by atoms with E-state index in [4.69, 9.17) is 4.74 Å². The number of nitrogens with zero attached hydrogens (tertiary/aromatic N) is 3. The molecule has 1 aliphatic carbocycles. The van der Waals surface area contributed by atoms with Crippen molar-refractivity contribution in [1.29, 1.82) is 0 Å². The van der Waals surface area contributed by atoms with Crippen molar-refractivity contribution in [1.82, 2.24) is 20.0 Å². The average molecular weight is 597 g/mol. The van der Waals surface area contributed by atoms with Gasteiger partial charge in [0.1, 0.15) is 0 Å². The van der Waals surface area contributed by atoms with Gasteiger partial charge in [0.05, 0.1) is 11.6 Å². The highest BCUT2D eigenvalue weighted by atomic mass is 32.2. The third kappa shape index (κ3) is 6.51. The molecule has 1 aromatic carbocycles. The summed E-state index contributed by atoms with van der Waals surface area (Å²) >= 11 is 1.97. The van der Waals surface area contributed by atoms with Gasteiger partial charge in [-0.05, 0) is 107 Å². The van der Waals surface area contributed by atoms with Crippen LogP contribution >= 0.6 is 11.8 Å². The van der Waals surface area contributed by atoms with Crippen LogP contribution in [0.1, 0.15) is 83.2 Å². The van der Waals surface area contributed by atoms with Gasteiger partial charge < -0.3 is 19.9 Å². The van der Waals surface area contributed by atoms with Crippen molar-refractivity contribution in [3.05, 3.63) is 35.9 Å². The fraction of sp³-hybridized carbons (Fsp3) is 0.765. The summed E-state index contributed by atoms with van der Waals surface area (Å²) in [6.45, 7) is 9.93. The zero-order valence-electron chi connectivity index (χ0n) is 25.8. The Bertz CT molecular complexity index is 1060. The zero-order chi connectivity index (χ0) is 29.1. The first kappa shape index (κ1) is 30.3. The number of hydrogen-bond donors (Lipinski definition) is 1. The molecule has 4 heterocycles. The minimum atomic E-state index is -0.0552. The lowest BCUT2D eigenvalue weighted by atomic mass is 9.90. The molecule has 0 bridgehead atoms. The number of carbonyl (C=O) groups excluding carboxylic acids is 2. The SMILES string of the molecule is CC(C)N1C(=O)N(CC2CCOCC2)CC12CC1CCCN(CC[C@H](NC(=O)C3CCSCC3)c3ccccc3)C1C2. The van der Waals surface area contributed by atoms with Crippen LogP contribution < -0.4 is 5.32 Å². The predicted molar refractivity (Wildman–Crippen MR) is 170 cm³/mol. The predicted octanol–water partition coefficient (Wildman–Crippen LogP) is 5.56. The summed E-state index contributed by atoms with van der Waals surface area (Å²) in [7, 11) is 0. The molecule has 3 unspecified atom stereocenters. The first-order chi connectivity index (χ1) is 20.4. The van der Waals surface area contributed by atoms with Gasteiger partial charge in [-0.15, -0.1) is 0 Å². The number of urea groups is 1. The number of thioether (sulfide) groups is 1. The van der Waals surface area contributed by atoms with E-state index in [0.29, 0.717) is 17.9 Å². The molecule has 4 atom stereocenters. The van der Waals surface area contributed by atoms with Crippen LogP contribution in [-0.4, -0.2) is 95.2 Å². The second-order valence-electron chi connectivity index (χ2n) is 14.0. The summed E-state index contributed by atoms with van der Waals surface area (Å²) in [6.07, 6.45) is 9.74. The van der Waals surface area contributed by atoms with E-state index in [1.54, 1.807) is 0 Å². The molecule has 0 aromatic heterocycles. The summed E-state index contributed by atoms with van der Waals surface area (Å²) in [6, 6.07) is 11.6.